The Kier molecular flexibility index (Phi) is 2.93. The summed E-state index contributed by atoms with van der Waals surface area (Å²) in [6.45, 7) is 4.41. The third-order valence-electron chi connectivity index (χ3n) is 2.51. The number of hydrogen-bond acceptors (Lipinski definition) is 1. The maximum Gasteiger partial charge on any atom is 0.0380 e. The first-order valence-corrected chi connectivity index (χ1v) is 6.77. The highest BCUT2D eigenvalue weighted by molar-refractivity contribution is 9.08. The number of hydrogen-bond donors (Lipinski definition) is 0. The van der Waals surface area contributed by atoms with Gasteiger partial charge in [-0.15, -0.1) is 11.3 Å². The number of aryl methyl sites for hydroxylation is 2. The van der Waals surface area contributed by atoms with E-state index in [9.17, 15) is 0 Å². The van der Waals surface area contributed by atoms with Gasteiger partial charge in [-0.2, -0.15) is 0 Å². The summed E-state index contributed by atoms with van der Waals surface area (Å²) in [4.78, 5) is 1.40. The second-order valence-corrected chi connectivity index (χ2v) is 5.28. The third kappa shape index (κ3) is 1.61. The Balaban J connectivity index is 2.75. The Morgan fingerprint density at radius 2 is 2.14 bits per heavy atom. The van der Waals surface area contributed by atoms with Crippen LogP contribution in [-0.2, 0) is 11.8 Å². The van der Waals surface area contributed by atoms with E-state index >= 15 is 0 Å². The maximum absolute atomic E-state index is 3.55. The topological polar surface area (TPSA) is 0 Å². The second kappa shape index (κ2) is 4.03. The van der Waals surface area contributed by atoms with Crippen molar-refractivity contribution in [1.82, 2.24) is 0 Å². The van der Waals surface area contributed by atoms with Gasteiger partial charge in [0.2, 0.25) is 0 Å². The van der Waals surface area contributed by atoms with Crippen LogP contribution in [0.25, 0.3) is 10.1 Å². The van der Waals surface area contributed by atoms with Gasteiger partial charge in [0, 0.05) is 14.9 Å². The van der Waals surface area contributed by atoms with Crippen molar-refractivity contribution in [3.8, 4) is 0 Å². The summed E-state index contributed by atoms with van der Waals surface area (Å²) in [5, 5.41) is 2.36. The predicted molar refractivity (Wildman–Crippen MR) is 68.6 cm³/mol. The predicted octanol–water partition coefficient (Wildman–Crippen LogP) is 4.67. The van der Waals surface area contributed by atoms with Crippen molar-refractivity contribution >= 4 is 37.4 Å². The molecule has 1 aromatic heterocycles. The van der Waals surface area contributed by atoms with E-state index in [1.54, 1.807) is 0 Å². The minimum atomic E-state index is 0.961. The van der Waals surface area contributed by atoms with Gasteiger partial charge in [0.05, 0.1) is 0 Å². The molecule has 0 atom stereocenters. The van der Waals surface area contributed by atoms with Crippen LogP contribution in [-0.4, -0.2) is 0 Å². The Labute approximate surface area is 97.1 Å². The van der Waals surface area contributed by atoms with Crippen LogP contribution >= 0.6 is 27.3 Å². The molecule has 2 aromatic rings. The second-order valence-electron chi connectivity index (χ2n) is 3.47. The standard InChI is InChI=1S/C12H13BrS/c1-3-11-10(7-13)5-4-9-6-8(2)14-12(9)11/h4-6H,3,7H2,1-2H3. The van der Waals surface area contributed by atoms with E-state index in [1.807, 2.05) is 11.3 Å². The van der Waals surface area contributed by atoms with Crippen LogP contribution in [0.15, 0.2) is 18.2 Å². The molecule has 2 rings (SSSR count). The molecule has 14 heavy (non-hydrogen) atoms. The van der Waals surface area contributed by atoms with Crippen LogP contribution < -0.4 is 0 Å². The van der Waals surface area contributed by atoms with Gasteiger partial charge >= 0.3 is 0 Å². The molecule has 2 heteroatoms. The van der Waals surface area contributed by atoms with Gasteiger partial charge in [-0.1, -0.05) is 35.0 Å². The molecular formula is C12H13BrS. The smallest absolute Gasteiger partial charge is 0.0380 e. The van der Waals surface area contributed by atoms with Gasteiger partial charge in [0.15, 0.2) is 0 Å². The average molecular weight is 269 g/mol. The molecule has 1 heterocycles. The van der Waals surface area contributed by atoms with Gasteiger partial charge in [-0.25, -0.2) is 0 Å². The van der Waals surface area contributed by atoms with E-state index in [0.29, 0.717) is 0 Å². The largest absolute Gasteiger partial charge is 0.140 e. The Bertz CT molecular complexity index is 457. The molecule has 0 aliphatic rings. The van der Waals surface area contributed by atoms with Gasteiger partial charge in [0.1, 0.15) is 0 Å². The van der Waals surface area contributed by atoms with Crippen LogP contribution in [0, 0.1) is 6.92 Å². The summed E-state index contributed by atoms with van der Waals surface area (Å²) in [6, 6.07) is 6.74. The number of fused-ring (bicyclic) bond motifs is 1. The fourth-order valence-electron chi connectivity index (χ4n) is 1.84. The van der Waals surface area contributed by atoms with Gasteiger partial charge in [-0.3, -0.25) is 0 Å². The first-order valence-electron chi connectivity index (χ1n) is 4.83. The molecule has 0 radical (unpaired) electrons. The average Bonchev–Trinajstić information content (AvgIpc) is 2.56. The van der Waals surface area contributed by atoms with Gasteiger partial charge in [-0.05, 0) is 35.9 Å². The molecular weight excluding hydrogens is 256 g/mol. The molecule has 0 saturated carbocycles. The third-order valence-corrected chi connectivity index (χ3v) is 4.24. The molecule has 0 aliphatic heterocycles. The Morgan fingerprint density at radius 3 is 2.79 bits per heavy atom. The molecule has 0 spiro atoms. The molecule has 0 N–H and O–H groups in total. The van der Waals surface area contributed by atoms with Gasteiger partial charge < -0.3 is 0 Å². The highest BCUT2D eigenvalue weighted by atomic mass is 79.9. The first kappa shape index (κ1) is 10.2. The lowest BCUT2D eigenvalue weighted by Gasteiger charge is -2.05. The Hall–Kier alpha value is -0.340. The van der Waals surface area contributed by atoms with Crippen LogP contribution in [0.1, 0.15) is 22.9 Å². The summed E-state index contributed by atoms with van der Waals surface area (Å²) < 4.78 is 1.47. The zero-order valence-corrected chi connectivity index (χ0v) is 10.8. The summed E-state index contributed by atoms with van der Waals surface area (Å²) in [6.07, 6.45) is 1.12. The van der Waals surface area contributed by atoms with Crippen LogP contribution in [0.5, 0.6) is 0 Å². The molecule has 0 nitrogen and oxygen atoms in total. The van der Waals surface area contributed by atoms with Crippen molar-refractivity contribution < 1.29 is 0 Å². The fraction of sp³-hybridized carbons (Fsp3) is 0.333. The van der Waals surface area contributed by atoms with E-state index in [-0.39, 0.29) is 0 Å². The molecule has 74 valence electrons. The van der Waals surface area contributed by atoms with E-state index in [1.165, 1.54) is 26.1 Å². The molecule has 0 unspecified atom stereocenters. The molecule has 0 bridgehead atoms. The van der Waals surface area contributed by atoms with Crippen molar-refractivity contribution in [3.05, 3.63) is 34.2 Å². The normalized spacial score (nSPS) is 11.1. The lowest BCUT2D eigenvalue weighted by molar-refractivity contribution is 1.13. The Morgan fingerprint density at radius 1 is 1.36 bits per heavy atom. The minimum Gasteiger partial charge on any atom is -0.140 e. The molecule has 0 amide bonds. The number of halogens is 1. The lowest BCUT2D eigenvalue weighted by atomic mass is 10.0. The number of rotatable bonds is 2. The van der Waals surface area contributed by atoms with E-state index in [2.05, 4.69) is 48.0 Å². The summed E-state index contributed by atoms with van der Waals surface area (Å²) >= 11 is 5.46. The zero-order chi connectivity index (χ0) is 10.1. The van der Waals surface area contributed by atoms with E-state index < -0.39 is 0 Å². The van der Waals surface area contributed by atoms with E-state index in [0.717, 1.165) is 11.8 Å². The van der Waals surface area contributed by atoms with Crippen molar-refractivity contribution in [3.63, 3.8) is 0 Å². The first-order chi connectivity index (χ1) is 6.76. The fourth-order valence-corrected chi connectivity index (χ4v) is 3.52. The maximum atomic E-state index is 3.55. The zero-order valence-electron chi connectivity index (χ0n) is 8.43. The minimum absolute atomic E-state index is 0.961. The number of alkyl halides is 1. The summed E-state index contributed by atoms with van der Waals surface area (Å²) in [7, 11) is 0. The highest BCUT2D eigenvalue weighted by Gasteiger charge is 2.07. The summed E-state index contributed by atoms with van der Waals surface area (Å²) in [5.41, 5.74) is 2.94. The number of benzene rings is 1. The van der Waals surface area contributed by atoms with Crippen LogP contribution in [0.3, 0.4) is 0 Å². The van der Waals surface area contributed by atoms with Crippen molar-refractivity contribution in [2.45, 2.75) is 25.6 Å². The number of thiophene rings is 1. The van der Waals surface area contributed by atoms with Crippen molar-refractivity contribution in [2.75, 3.05) is 0 Å². The van der Waals surface area contributed by atoms with Crippen molar-refractivity contribution in [2.24, 2.45) is 0 Å². The molecule has 1 aromatic carbocycles. The lowest BCUT2D eigenvalue weighted by Crippen LogP contribution is -1.88. The molecule has 0 saturated heterocycles. The van der Waals surface area contributed by atoms with E-state index in [4.69, 9.17) is 0 Å². The summed E-state index contributed by atoms with van der Waals surface area (Å²) in [5.74, 6) is 0. The SMILES string of the molecule is CCc1c(CBr)ccc2cc(C)sc12. The van der Waals surface area contributed by atoms with Gasteiger partial charge in [0.25, 0.3) is 0 Å². The molecule has 0 fully saturated rings. The molecule has 0 aliphatic carbocycles. The van der Waals surface area contributed by atoms with Crippen molar-refractivity contribution in [1.29, 1.82) is 0 Å². The van der Waals surface area contributed by atoms with Crippen LogP contribution in [0.2, 0.25) is 0 Å². The van der Waals surface area contributed by atoms with Crippen LogP contribution in [0.4, 0.5) is 0 Å². The monoisotopic (exact) mass is 268 g/mol. The highest BCUT2D eigenvalue weighted by Crippen LogP contribution is 2.31. The quantitative estimate of drug-likeness (QED) is 0.695.